The first kappa shape index (κ1) is 10.8. The fourth-order valence-electron chi connectivity index (χ4n) is 1.13. The maximum absolute atomic E-state index is 11.8. The van der Waals surface area contributed by atoms with Crippen LogP contribution >= 0.6 is 0 Å². The SMILES string of the molecule is CN(CCNC1CC1)CC(F)(F)F. The van der Waals surface area contributed by atoms with Crippen molar-refractivity contribution in [2.75, 3.05) is 26.7 Å². The molecule has 0 spiro atoms. The van der Waals surface area contributed by atoms with Crippen LogP contribution in [-0.2, 0) is 0 Å². The monoisotopic (exact) mass is 196 g/mol. The molecular formula is C8H15F3N2. The molecule has 1 rings (SSSR count). The Morgan fingerprint density at radius 3 is 2.46 bits per heavy atom. The average molecular weight is 196 g/mol. The van der Waals surface area contributed by atoms with Gasteiger partial charge in [0, 0.05) is 19.1 Å². The van der Waals surface area contributed by atoms with Gasteiger partial charge in [-0.25, -0.2) is 0 Å². The summed E-state index contributed by atoms with van der Waals surface area (Å²) in [5.41, 5.74) is 0. The number of likely N-dealkylation sites (N-methyl/N-ethyl adjacent to an activating group) is 1. The molecule has 0 aromatic carbocycles. The summed E-state index contributed by atoms with van der Waals surface area (Å²) in [7, 11) is 1.49. The number of nitrogens with zero attached hydrogens (tertiary/aromatic N) is 1. The van der Waals surface area contributed by atoms with Gasteiger partial charge in [0.1, 0.15) is 0 Å². The Morgan fingerprint density at radius 2 is 2.00 bits per heavy atom. The Labute approximate surface area is 76.1 Å². The molecule has 0 bridgehead atoms. The topological polar surface area (TPSA) is 15.3 Å². The summed E-state index contributed by atoms with van der Waals surface area (Å²) in [6, 6.07) is 0.569. The van der Waals surface area contributed by atoms with E-state index < -0.39 is 12.7 Å². The molecule has 13 heavy (non-hydrogen) atoms. The Hall–Kier alpha value is -0.290. The molecule has 0 aliphatic heterocycles. The summed E-state index contributed by atoms with van der Waals surface area (Å²) >= 11 is 0. The minimum atomic E-state index is -4.08. The number of hydrogen-bond donors (Lipinski definition) is 1. The van der Waals surface area contributed by atoms with Gasteiger partial charge in [0.25, 0.3) is 0 Å². The van der Waals surface area contributed by atoms with E-state index >= 15 is 0 Å². The fraction of sp³-hybridized carbons (Fsp3) is 1.00. The quantitative estimate of drug-likeness (QED) is 0.711. The molecule has 1 aliphatic rings. The van der Waals surface area contributed by atoms with Crippen LogP contribution in [0.2, 0.25) is 0 Å². The highest BCUT2D eigenvalue weighted by molar-refractivity contribution is 4.80. The lowest BCUT2D eigenvalue weighted by Gasteiger charge is -2.18. The molecule has 0 aromatic heterocycles. The van der Waals surface area contributed by atoms with Crippen molar-refractivity contribution in [3.05, 3.63) is 0 Å². The molecule has 5 heteroatoms. The predicted molar refractivity (Wildman–Crippen MR) is 44.6 cm³/mol. The summed E-state index contributed by atoms with van der Waals surface area (Å²) in [4.78, 5) is 1.29. The van der Waals surface area contributed by atoms with Gasteiger partial charge < -0.3 is 5.32 Å². The second kappa shape index (κ2) is 4.28. The molecule has 2 nitrogen and oxygen atoms in total. The number of halogens is 3. The average Bonchev–Trinajstić information content (AvgIpc) is 2.66. The van der Waals surface area contributed by atoms with E-state index in [1.807, 2.05) is 0 Å². The minimum Gasteiger partial charge on any atom is -0.313 e. The summed E-state index contributed by atoms with van der Waals surface area (Å²) in [6.45, 7) is 0.284. The summed E-state index contributed by atoms with van der Waals surface area (Å²) in [5.74, 6) is 0. The predicted octanol–water partition coefficient (Wildman–Crippen LogP) is 1.23. The normalized spacial score (nSPS) is 18.2. The van der Waals surface area contributed by atoms with Crippen LogP contribution in [0.25, 0.3) is 0 Å². The van der Waals surface area contributed by atoms with Gasteiger partial charge in [0.05, 0.1) is 6.54 Å². The van der Waals surface area contributed by atoms with E-state index in [0.29, 0.717) is 19.1 Å². The fourth-order valence-corrected chi connectivity index (χ4v) is 1.13. The van der Waals surface area contributed by atoms with Crippen LogP contribution in [0.4, 0.5) is 13.2 Å². The van der Waals surface area contributed by atoms with E-state index in [1.54, 1.807) is 0 Å². The molecule has 0 aromatic rings. The van der Waals surface area contributed by atoms with Crippen molar-refractivity contribution in [2.45, 2.75) is 25.1 Å². The van der Waals surface area contributed by atoms with Gasteiger partial charge in [0.15, 0.2) is 0 Å². The van der Waals surface area contributed by atoms with Gasteiger partial charge in [-0.2, -0.15) is 13.2 Å². The van der Waals surface area contributed by atoms with Crippen LogP contribution in [0.1, 0.15) is 12.8 Å². The first-order valence-corrected chi connectivity index (χ1v) is 4.46. The largest absolute Gasteiger partial charge is 0.401 e. The van der Waals surface area contributed by atoms with Crippen molar-refractivity contribution in [1.82, 2.24) is 10.2 Å². The smallest absolute Gasteiger partial charge is 0.313 e. The van der Waals surface area contributed by atoms with E-state index in [1.165, 1.54) is 24.8 Å². The van der Waals surface area contributed by atoms with E-state index in [9.17, 15) is 13.2 Å². The van der Waals surface area contributed by atoms with Crippen molar-refractivity contribution in [3.8, 4) is 0 Å². The maximum atomic E-state index is 11.8. The Kier molecular flexibility index (Phi) is 3.55. The van der Waals surface area contributed by atoms with Crippen LogP contribution < -0.4 is 5.32 Å². The molecule has 78 valence electrons. The molecule has 0 saturated heterocycles. The van der Waals surface area contributed by atoms with E-state index in [2.05, 4.69) is 5.32 Å². The third-order valence-electron chi connectivity index (χ3n) is 1.95. The lowest BCUT2D eigenvalue weighted by atomic mass is 10.5. The van der Waals surface area contributed by atoms with Gasteiger partial charge in [-0.15, -0.1) is 0 Å². The Morgan fingerprint density at radius 1 is 1.38 bits per heavy atom. The molecule has 0 heterocycles. The van der Waals surface area contributed by atoms with Crippen molar-refractivity contribution in [3.63, 3.8) is 0 Å². The number of rotatable bonds is 5. The van der Waals surface area contributed by atoms with Gasteiger partial charge in [-0.3, -0.25) is 4.90 Å². The molecule has 1 fully saturated rings. The van der Waals surface area contributed by atoms with Gasteiger partial charge in [0.2, 0.25) is 0 Å². The molecule has 1 aliphatic carbocycles. The van der Waals surface area contributed by atoms with Crippen molar-refractivity contribution in [2.24, 2.45) is 0 Å². The third-order valence-corrected chi connectivity index (χ3v) is 1.95. The van der Waals surface area contributed by atoms with E-state index in [-0.39, 0.29) is 0 Å². The molecule has 0 unspecified atom stereocenters. The zero-order valence-electron chi connectivity index (χ0n) is 7.69. The van der Waals surface area contributed by atoms with Crippen LogP contribution in [0.3, 0.4) is 0 Å². The highest BCUT2D eigenvalue weighted by Gasteiger charge is 2.29. The molecule has 0 amide bonds. The highest BCUT2D eigenvalue weighted by atomic mass is 19.4. The molecule has 0 radical (unpaired) electrons. The number of hydrogen-bond acceptors (Lipinski definition) is 2. The third kappa shape index (κ3) is 5.87. The first-order chi connectivity index (χ1) is 5.97. The molecule has 0 atom stereocenters. The van der Waals surface area contributed by atoms with Crippen LogP contribution in [0.15, 0.2) is 0 Å². The van der Waals surface area contributed by atoms with Gasteiger partial charge in [-0.05, 0) is 19.9 Å². The molecular weight excluding hydrogens is 181 g/mol. The van der Waals surface area contributed by atoms with Crippen molar-refractivity contribution in [1.29, 1.82) is 0 Å². The van der Waals surface area contributed by atoms with Crippen LogP contribution in [0.5, 0.6) is 0 Å². The summed E-state index contributed by atoms with van der Waals surface area (Å²) in [5, 5.41) is 3.16. The van der Waals surface area contributed by atoms with Crippen LogP contribution in [-0.4, -0.2) is 43.8 Å². The lowest BCUT2D eigenvalue weighted by Crippen LogP contribution is -2.36. The van der Waals surface area contributed by atoms with E-state index in [0.717, 1.165) is 0 Å². The van der Waals surface area contributed by atoms with Crippen molar-refractivity contribution >= 4 is 0 Å². The zero-order chi connectivity index (χ0) is 9.90. The molecule has 1 saturated carbocycles. The summed E-state index contributed by atoms with van der Waals surface area (Å²) < 4.78 is 35.5. The standard InChI is InChI=1S/C8H15F3N2/c1-13(6-8(9,10)11)5-4-12-7-2-3-7/h7,12H,2-6H2,1H3. The van der Waals surface area contributed by atoms with Gasteiger partial charge in [-0.1, -0.05) is 0 Å². The van der Waals surface area contributed by atoms with Crippen LogP contribution in [0, 0.1) is 0 Å². The lowest BCUT2D eigenvalue weighted by molar-refractivity contribution is -0.142. The second-order valence-electron chi connectivity index (χ2n) is 3.58. The number of nitrogens with one attached hydrogen (secondary N) is 1. The minimum absolute atomic E-state index is 0.454. The zero-order valence-corrected chi connectivity index (χ0v) is 7.69. The Bertz CT molecular complexity index is 154. The Balaban J connectivity index is 1.99. The summed E-state index contributed by atoms with van der Waals surface area (Å²) in [6.07, 6.45) is -1.74. The maximum Gasteiger partial charge on any atom is 0.401 e. The molecule has 1 N–H and O–H groups in total. The first-order valence-electron chi connectivity index (χ1n) is 4.46. The van der Waals surface area contributed by atoms with E-state index in [4.69, 9.17) is 0 Å². The number of alkyl halides is 3. The van der Waals surface area contributed by atoms with Gasteiger partial charge >= 0.3 is 6.18 Å². The highest BCUT2D eigenvalue weighted by Crippen LogP contribution is 2.18. The van der Waals surface area contributed by atoms with Crippen molar-refractivity contribution < 1.29 is 13.2 Å². The second-order valence-corrected chi connectivity index (χ2v) is 3.58.